The molecule has 0 amide bonds. The molecule has 2 aliphatic heterocycles. The summed E-state index contributed by atoms with van der Waals surface area (Å²) in [4.78, 5) is 2.51. The van der Waals surface area contributed by atoms with Gasteiger partial charge in [0, 0.05) is 13.1 Å². The Hall–Kier alpha value is -0.630. The number of likely N-dealkylation sites (tertiary alicyclic amines) is 1. The zero-order valence-corrected chi connectivity index (χ0v) is 10.7. The molecule has 0 aliphatic carbocycles. The number of hydrogen-bond donors (Lipinski definition) is 1. The Morgan fingerprint density at radius 1 is 1.35 bits per heavy atom. The predicted octanol–water partition coefficient (Wildman–Crippen LogP) is 1.26. The number of hydrogen-bond acceptors (Lipinski definition) is 4. The van der Waals surface area contributed by atoms with E-state index in [1.807, 2.05) is 6.92 Å². The minimum atomic E-state index is -0.649. The molecule has 4 nitrogen and oxygen atoms in total. The molecule has 0 spiro atoms. The quantitative estimate of drug-likeness (QED) is 0.731. The van der Waals surface area contributed by atoms with Crippen molar-refractivity contribution < 1.29 is 4.74 Å². The van der Waals surface area contributed by atoms with Crippen molar-refractivity contribution in [1.82, 2.24) is 4.90 Å². The third-order valence-electron chi connectivity index (χ3n) is 3.80. The van der Waals surface area contributed by atoms with Crippen molar-refractivity contribution in [3.63, 3.8) is 0 Å². The Bertz CT molecular complexity index is 286. The van der Waals surface area contributed by atoms with Gasteiger partial charge in [0.25, 0.3) is 0 Å². The first kappa shape index (κ1) is 12.8. The lowest BCUT2D eigenvalue weighted by Gasteiger charge is -2.32. The lowest BCUT2D eigenvalue weighted by Crippen LogP contribution is -2.43. The van der Waals surface area contributed by atoms with Crippen LogP contribution in [0.15, 0.2) is 0 Å². The summed E-state index contributed by atoms with van der Waals surface area (Å²) in [6, 6.07) is 2.15. The summed E-state index contributed by atoms with van der Waals surface area (Å²) in [6.45, 7) is 5.11. The fraction of sp³-hybridized carbons (Fsp3) is 0.923. The van der Waals surface area contributed by atoms with Crippen LogP contribution in [0.25, 0.3) is 0 Å². The topological polar surface area (TPSA) is 62.3 Å². The average Bonchev–Trinajstić information content (AvgIpc) is 2.64. The first-order valence-electron chi connectivity index (χ1n) is 6.67. The molecule has 96 valence electrons. The third-order valence-corrected chi connectivity index (χ3v) is 3.80. The lowest BCUT2D eigenvalue weighted by molar-refractivity contribution is -0.0385. The molecular formula is C13H23N3O. The van der Waals surface area contributed by atoms with E-state index in [0.29, 0.717) is 12.2 Å². The summed E-state index contributed by atoms with van der Waals surface area (Å²) in [5.41, 5.74) is 5.15. The van der Waals surface area contributed by atoms with Crippen molar-refractivity contribution >= 4 is 0 Å². The summed E-state index contributed by atoms with van der Waals surface area (Å²) < 4.78 is 5.80. The number of rotatable bonds is 5. The maximum absolute atomic E-state index is 8.82. The van der Waals surface area contributed by atoms with Crippen molar-refractivity contribution in [3.05, 3.63) is 0 Å². The van der Waals surface area contributed by atoms with Crippen LogP contribution < -0.4 is 5.73 Å². The number of nitrogens with zero attached hydrogens (tertiary/aromatic N) is 2. The second kappa shape index (κ2) is 5.34. The summed E-state index contributed by atoms with van der Waals surface area (Å²) >= 11 is 0. The first-order valence-corrected chi connectivity index (χ1v) is 6.67. The minimum absolute atomic E-state index is 0.479. The van der Waals surface area contributed by atoms with Crippen LogP contribution in [0.4, 0.5) is 0 Å². The molecule has 2 N–H and O–H groups in total. The van der Waals surface area contributed by atoms with Gasteiger partial charge < -0.3 is 10.5 Å². The highest BCUT2D eigenvalue weighted by Crippen LogP contribution is 2.26. The van der Waals surface area contributed by atoms with Gasteiger partial charge in [-0.3, -0.25) is 4.90 Å². The molecule has 2 heterocycles. The monoisotopic (exact) mass is 237 g/mol. The Kier molecular flexibility index (Phi) is 4.03. The number of morpholine rings is 1. The smallest absolute Gasteiger partial charge is 0.101 e. The molecule has 2 rings (SSSR count). The highest BCUT2D eigenvalue weighted by molar-refractivity contribution is 5.00. The van der Waals surface area contributed by atoms with Gasteiger partial charge in [-0.25, -0.2) is 0 Å². The molecule has 2 bridgehead atoms. The Morgan fingerprint density at radius 3 is 2.59 bits per heavy atom. The van der Waals surface area contributed by atoms with E-state index < -0.39 is 5.54 Å². The van der Waals surface area contributed by atoms with Crippen LogP contribution in [-0.4, -0.2) is 42.3 Å². The van der Waals surface area contributed by atoms with Gasteiger partial charge in [0.15, 0.2) is 0 Å². The summed E-state index contributed by atoms with van der Waals surface area (Å²) in [7, 11) is 0. The van der Waals surface area contributed by atoms with Crippen LogP contribution in [0, 0.1) is 11.3 Å². The Balaban J connectivity index is 1.62. The van der Waals surface area contributed by atoms with Crippen LogP contribution in [0.1, 0.15) is 39.0 Å². The molecule has 4 heteroatoms. The number of ether oxygens (including phenoxy) is 1. The number of unbranched alkanes of at least 4 members (excludes halogenated alkanes) is 1. The molecule has 0 radical (unpaired) electrons. The average molecular weight is 237 g/mol. The molecule has 3 atom stereocenters. The molecule has 0 aromatic rings. The zero-order valence-electron chi connectivity index (χ0n) is 10.7. The number of nitriles is 1. The van der Waals surface area contributed by atoms with E-state index in [4.69, 9.17) is 15.7 Å². The molecular weight excluding hydrogens is 214 g/mol. The Morgan fingerprint density at radius 2 is 2.00 bits per heavy atom. The van der Waals surface area contributed by atoms with Gasteiger partial charge in [-0.05, 0) is 45.6 Å². The minimum Gasteiger partial charge on any atom is -0.372 e. The second-order valence-electron chi connectivity index (χ2n) is 5.70. The maximum Gasteiger partial charge on any atom is 0.101 e. The summed E-state index contributed by atoms with van der Waals surface area (Å²) in [5.74, 6) is 0. The highest BCUT2D eigenvalue weighted by Gasteiger charge is 2.33. The van der Waals surface area contributed by atoms with Crippen LogP contribution in [-0.2, 0) is 4.74 Å². The van der Waals surface area contributed by atoms with Crippen LogP contribution in [0.2, 0.25) is 0 Å². The van der Waals surface area contributed by atoms with E-state index in [-0.39, 0.29) is 0 Å². The van der Waals surface area contributed by atoms with Crippen molar-refractivity contribution in [2.75, 3.05) is 19.6 Å². The van der Waals surface area contributed by atoms with Gasteiger partial charge in [0.1, 0.15) is 5.54 Å². The SMILES string of the molecule is CC(N)(C#N)CCCCN1CC2CCC(C1)O2. The van der Waals surface area contributed by atoms with E-state index >= 15 is 0 Å². The molecule has 2 saturated heterocycles. The molecule has 17 heavy (non-hydrogen) atoms. The van der Waals surface area contributed by atoms with Crippen molar-refractivity contribution in [2.24, 2.45) is 5.73 Å². The number of fused-ring (bicyclic) bond motifs is 2. The fourth-order valence-electron chi connectivity index (χ4n) is 2.77. The predicted molar refractivity (Wildman–Crippen MR) is 66.4 cm³/mol. The fourth-order valence-corrected chi connectivity index (χ4v) is 2.77. The van der Waals surface area contributed by atoms with Crippen molar-refractivity contribution in [2.45, 2.75) is 56.8 Å². The molecule has 0 saturated carbocycles. The Labute approximate surface area is 104 Å². The van der Waals surface area contributed by atoms with Gasteiger partial charge in [0.05, 0.1) is 18.3 Å². The van der Waals surface area contributed by atoms with Crippen LogP contribution in [0.5, 0.6) is 0 Å². The molecule has 2 fully saturated rings. The lowest BCUT2D eigenvalue weighted by atomic mass is 9.98. The van der Waals surface area contributed by atoms with Gasteiger partial charge in [-0.1, -0.05) is 0 Å². The zero-order chi connectivity index (χ0) is 12.3. The largest absolute Gasteiger partial charge is 0.372 e. The second-order valence-corrected chi connectivity index (χ2v) is 5.70. The van der Waals surface area contributed by atoms with E-state index in [0.717, 1.165) is 38.9 Å². The van der Waals surface area contributed by atoms with Gasteiger partial charge in [-0.2, -0.15) is 5.26 Å². The van der Waals surface area contributed by atoms with E-state index in [2.05, 4.69) is 11.0 Å². The number of nitrogens with two attached hydrogens (primary N) is 1. The summed E-state index contributed by atoms with van der Waals surface area (Å²) in [6.07, 6.45) is 6.38. The molecule has 0 aromatic heterocycles. The van der Waals surface area contributed by atoms with Crippen molar-refractivity contribution in [3.8, 4) is 6.07 Å². The van der Waals surface area contributed by atoms with E-state index in [1.165, 1.54) is 12.8 Å². The molecule has 0 aromatic carbocycles. The summed E-state index contributed by atoms with van der Waals surface area (Å²) in [5, 5.41) is 8.82. The maximum atomic E-state index is 8.82. The van der Waals surface area contributed by atoms with Crippen LogP contribution in [0.3, 0.4) is 0 Å². The standard InChI is InChI=1S/C13H23N3O/c1-13(15,10-14)6-2-3-7-16-8-11-4-5-12(9-16)17-11/h11-12H,2-9,15H2,1H3. The normalized spacial score (nSPS) is 32.1. The van der Waals surface area contributed by atoms with Gasteiger partial charge in [0.2, 0.25) is 0 Å². The van der Waals surface area contributed by atoms with Crippen LogP contribution >= 0.6 is 0 Å². The van der Waals surface area contributed by atoms with Gasteiger partial charge in [-0.15, -0.1) is 0 Å². The van der Waals surface area contributed by atoms with Crippen molar-refractivity contribution in [1.29, 1.82) is 5.26 Å². The first-order chi connectivity index (χ1) is 8.09. The third kappa shape index (κ3) is 3.67. The van der Waals surface area contributed by atoms with E-state index in [1.54, 1.807) is 0 Å². The van der Waals surface area contributed by atoms with Gasteiger partial charge >= 0.3 is 0 Å². The molecule has 3 unspecified atom stereocenters. The molecule has 2 aliphatic rings. The highest BCUT2D eigenvalue weighted by atomic mass is 16.5. The van der Waals surface area contributed by atoms with E-state index in [9.17, 15) is 0 Å².